The average molecular weight is 536 g/mol. The van der Waals surface area contributed by atoms with Gasteiger partial charge >= 0.3 is 0 Å². The molecule has 5 heteroatoms. The summed E-state index contributed by atoms with van der Waals surface area (Å²) in [6.45, 7) is 0. The molecule has 0 saturated carbocycles. The SMILES string of the molecule is OC(O)=CC(I)C(I)CCCCCI. The van der Waals surface area contributed by atoms with E-state index in [1.807, 2.05) is 0 Å². The summed E-state index contributed by atoms with van der Waals surface area (Å²) in [4.78, 5) is 0. The van der Waals surface area contributed by atoms with E-state index in [0.717, 1.165) is 6.42 Å². The van der Waals surface area contributed by atoms with Gasteiger partial charge in [-0.25, -0.2) is 0 Å². The lowest BCUT2D eigenvalue weighted by atomic mass is 10.1. The van der Waals surface area contributed by atoms with E-state index in [0.29, 0.717) is 3.92 Å². The van der Waals surface area contributed by atoms with Gasteiger partial charge in [0, 0.05) is 13.9 Å². The summed E-state index contributed by atoms with van der Waals surface area (Å²) < 4.78 is 1.92. The van der Waals surface area contributed by atoms with E-state index in [9.17, 15) is 0 Å². The van der Waals surface area contributed by atoms with Crippen molar-refractivity contribution in [1.82, 2.24) is 0 Å². The van der Waals surface area contributed by atoms with Crippen LogP contribution < -0.4 is 0 Å². The summed E-state index contributed by atoms with van der Waals surface area (Å²) in [5.74, 6) is -0.557. The fourth-order valence-corrected chi connectivity index (χ4v) is 2.89. The molecule has 14 heavy (non-hydrogen) atoms. The van der Waals surface area contributed by atoms with Crippen molar-refractivity contribution in [2.75, 3.05) is 4.43 Å². The second-order valence-corrected chi connectivity index (χ2v) is 7.14. The molecule has 0 amide bonds. The van der Waals surface area contributed by atoms with Crippen LogP contribution in [-0.2, 0) is 0 Å². The Labute approximate surface area is 126 Å². The summed E-state index contributed by atoms with van der Waals surface area (Å²) in [5, 5.41) is 17.4. The van der Waals surface area contributed by atoms with Crippen LogP contribution in [0, 0.1) is 0 Å². The third-order valence-electron chi connectivity index (χ3n) is 1.77. The molecule has 0 bridgehead atoms. The third kappa shape index (κ3) is 8.81. The molecule has 2 N–H and O–H groups in total. The van der Waals surface area contributed by atoms with Gasteiger partial charge in [-0.3, -0.25) is 0 Å². The Morgan fingerprint density at radius 2 is 1.79 bits per heavy atom. The second-order valence-electron chi connectivity index (χ2n) is 3.02. The van der Waals surface area contributed by atoms with Gasteiger partial charge < -0.3 is 10.2 Å². The predicted octanol–water partition coefficient (Wildman–Crippen LogP) is 4.55. The van der Waals surface area contributed by atoms with E-state index in [-0.39, 0.29) is 3.92 Å². The van der Waals surface area contributed by atoms with E-state index in [1.165, 1.54) is 29.8 Å². The van der Waals surface area contributed by atoms with Gasteiger partial charge in [-0.15, -0.1) is 0 Å². The highest BCUT2D eigenvalue weighted by Gasteiger charge is 2.13. The number of hydrogen-bond donors (Lipinski definition) is 2. The van der Waals surface area contributed by atoms with Crippen molar-refractivity contribution in [3.05, 3.63) is 12.0 Å². The van der Waals surface area contributed by atoms with Crippen molar-refractivity contribution < 1.29 is 10.2 Å². The number of allylic oxidation sites excluding steroid dienone is 1. The number of halogens is 3. The van der Waals surface area contributed by atoms with Crippen molar-refractivity contribution in [2.45, 2.75) is 33.5 Å². The summed E-state index contributed by atoms with van der Waals surface area (Å²) in [7, 11) is 0. The minimum atomic E-state index is -0.557. The van der Waals surface area contributed by atoms with Crippen molar-refractivity contribution in [3.8, 4) is 0 Å². The van der Waals surface area contributed by atoms with Crippen LogP contribution in [0.15, 0.2) is 12.0 Å². The molecule has 0 heterocycles. The van der Waals surface area contributed by atoms with Gasteiger partial charge in [-0.05, 0) is 17.3 Å². The molecule has 2 unspecified atom stereocenters. The van der Waals surface area contributed by atoms with Gasteiger partial charge in [-0.1, -0.05) is 80.6 Å². The summed E-state index contributed by atoms with van der Waals surface area (Å²) in [5.41, 5.74) is 0. The third-order valence-corrected chi connectivity index (χ3v) is 6.53. The van der Waals surface area contributed by atoms with Crippen LogP contribution in [0.25, 0.3) is 0 Å². The molecule has 84 valence electrons. The molecule has 0 fully saturated rings. The number of aliphatic hydroxyl groups is 2. The van der Waals surface area contributed by atoms with Crippen LogP contribution in [-0.4, -0.2) is 22.5 Å². The van der Waals surface area contributed by atoms with Crippen molar-refractivity contribution in [1.29, 1.82) is 0 Å². The van der Waals surface area contributed by atoms with Crippen LogP contribution >= 0.6 is 67.8 Å². The fraction of sp³-hybridized carbons (Fsp3) is 0.778. The summed E-state index contributed by atoms with van der Waals surface area (Å²) in [6.07, 6.45) is 6.44. The molecule has 0 radical (unpaired) electrons. The van der Waals surface area contributed by atoms with E-state index in [4.69, 9.17) is 10.2 Å². The molecule has 0 aromatic rings. The smallest absolute Gasteiger partial charge is 0.270 e. The first kappa shape index (κ1) is 15.5. The molecular weight excluding hydrogens is 521 g/mol. The zero-order valence-corrected chi connectivity index (χ0v) is 14.3. The Kier molecular flexibility index (Phi) is 10.8. The van der Waals surface area contributed by atoms with Crippen molar-refractivity contribution >= 4 is 67.8 Å². The lowest BCUT2D eigenvalue weighted by Crippen LogP contribution is -2.11. The van der Waals surface area contributed by atoms with E-state index in [1.54, 1.807) is 0 Å². The predicted molar refractivity (Wildman–Crippen MR) is 86.3 cm³/mol. The van der Waals surface area contributed by atoms with Crippen LogP contribution in [0.3, 0.4) is 0 Å². The van der Waals surface area contributed by atoms with Gasteiger partial charge in [0.25, 0.3) is 5.95 Å². The second kappa shape index (κ2) is 9.73. The van der Waals surface area contributed by atoms with Crippen molar-refractivity contribution in [2.24, 2.45) is 0 Å². The Morgan fingerprint density at radius 3 is 2.29 bits per heavy atom. The van der Waals surface area contributed by atoms with Gasteiger partial charge in [0.2, 0.25) is 0 Å². The molecule has 0 aliphatic rings. The van der Waals surface area contributed by atoms with Gasteiger partial charge in [0.15, 0.2) is 0 Å². The van der Waals surface area contributed by atoms with E-state index in [2.05, 4.69) is 67.8 Å². The standard InChI is InChI=1S/C9H15I3O2/c10-5-3-1-2-4-7(11)8(12)6-9(13)14/h6-8,13-14H,1-5H2. The Hall–Kier alpha value is 1.53. The number of rotatable bonds is 7. The number of alkyl halides is 3. The van der Waals surface area contributed by atoms with Crippen LogP contribution in [0.2, 0.25) is 0 Å². The molecule has 0 rings (SSSR count). The number of hydrogen-bond acceptors (Lipinski definition) is 2. The molecule has 2 atom stereocenters. The lowest BCUT2D eigenvalue weighted by molar-refractivity contribution is 0.189. The highest BCUT2D eigenvalue weighted by molar-refractivity contribution is 14.1. The quantitative estimate of drug-likeness (QED) is 0.217. The monoisotopic (exact) mass is 536 g/mol. The lowest BCUT2D eigenvalue weighted by Gasteiger charge is -2.12. The molecule has 0 aliphatic heterocycles. The maximum Gasteiger partial charge on any atom is 0.270 e. The first-order valence-electron chi connectivity index (χ1n) is 4.51. The minimum absolute atomic E-state index is 0.206. The fourth-order valence-electron chi connectivity index (χ4n) is 1.02. The largest absolute Gasteiger partial charge is 0.481 e. The van der Waals surface area contributed by atoms with Crippen LogP contribution in [0.5, 0.6) is 0 Å². The molecule has 2 nitrogen and oxygen atoms in total. The normalized spacial score (nSPS) is 14.8. The molecule has 0 saturated heterocycles. The average Bonchev–Trinajstić information content (AvgIpc) is 2.11. The van der Waals surface area contributed by atoms with E-state index < -0.39 is 5.95 Å². The maximum absolute atomic E-state index is 8.69. The maximum atomic E-state index is 8.69. The molecule has 0 aromatic carbocycles. The Morgan fingerprint density at radius 1 is 1.14 bits per heavy atom. The number of unbranched alkanes of at least 4 members (excludes halogenated alkanes) is 2. The van der Waals surface area contributed by atoms with Gasteiger partial charge in [0.1, 0.15) is 0 Å². The highest BCUT2D eigenvalue weighted by atomic mass is 127. The topological polar surface area (TPSA) is 40.5 Å². The Balaban J connectivity index is 3.62. The zero-order valence-electron chi connectivity index (χ0n) is 7.80. The van der Waals surface area contributed by atoms with Crippen molar-refractivity contribution in [3.63, 3.8) is 0 Å². The van der Waals surface area contributed by atoms with Gasteiger partial charge in [-0.2, -0.15) is 0 Å². The first-order chi connectivity index (χ1) is 6.57. The molecule has 0 spiro atoms. The van der Waals surface area contributed by atoms with E-state index >= 15 is 0 Å². The molecule has 0 aromatic heterocycles. The molecule has 0 aliphatic carbocycles. The summed E-state index contributed by atoms with van der Waals surface area (Å²) in [6, 6.07) is 0. The van der Waals surface area contributed by atoms with Crippen LogP contribution in [0.1, 0.15) is 25.7 Å². The Bertz CT molecular complexity index is 169. The first-order valence-corrected chi connectivity index (χ1v) is 8.53. The molecular formula is C9H15I3O2. The minimum Gasteiger partial charge on any atom is -0.481 e. The van der Waals surface area contributed by atoms with Gasteiger partial charge in [0.05, 0.1) is 0 Å². The number of aliphatic hydroxyl groups excluding tert-OH is 1. The van der Waals surface area contributed by atoms with Crippen LogP contribution in [0.4, 0.5) is 0 Å². The summed E-state index contributed by atoms with van der Waals surface area (Å²) >= 11 is 7.01. The zero-order chi connectivity index (χ0) is 11.0. The highest BCUT2D eigenvalue weighted by Crippen LogP contribution is 2.23.